The molecule has 12 saturated carbocycles. The van der Waals surface area contributed by atoms with Gasteiger partial charge in [0.05, 0.1) is 5.69 Å². The second kappa shape index (κ2) is 39.2. The van der Waals surface area contributed by atoms with Crippen LogP contribution in [0.4, 0.5) is 51.2 Å². The minimum Gasteiger partial charge on any atom is -0.456 e. The first-order chi connectivity index (χ1) is 73.6. The summed E-state index contributed by atoms with van der Waals surface area (Å²) in [5.41, 5.74) is 37.3. The maximum Gasteiger partial charge on any atom is 0.159 e. The molecule has 3 aromatic heterocycles. The third-order valence-electron chi connectivity index (χ3n) is 37.8. The third-order valence-corrected chi connectivity index (χ3v) is 37.8. The number of unbranched alkanes of at least 4 members (excludes halogenated alkanes) is 3. The van der Waals surface area contributed by atoms with E-state index in [9.17, 15) is 0 Å². The van der Waals surface area contributed by atoms with E-state index in [0.717, 1.165) is 138 Å². The van der Waals surface area contributed by atoms with E-state index in [4.69, 9.17) is 13.3 Å². The average Bonchev–Trinajstić information content (AvgIpc) is 0.882. The van der Waals surface area contributed by atoms with Gasteiger partial charge in [0.15, 0.2) is 5.58 Å². The fraction of sp³-hybridized carbons (Fsp3) is 0.292. The maximum atomic E-state index is 6.59. The molecule has 0 amide bonds. The Morgan fingerprint density at radius 1 is 0.240 bits per heavy atom. The minimum absolute atomic E-state index is 0.254. The van der Waals surface area contributed by atoms with Crippen molar-refractivity contribution in [2.75, 3.05) is 14.7 Å². The Kier molecular flexibility index (Phi) is 24.8. The highest BCUT2D eigenvalue weighted by Crippen LogP contribution is 2.70. The van der Waals surface area contributed by atoms with Gasteiger partial charge >= 0.3 is 0 Å². The molecular weight excluding hydrogens is 1820 g/mol. The molecule has 12 aliphatic rings. The summed E-state index contributed by atoms with van der Waals surface area (Å²) in [4.78, 5) is 7.27. The van der Waals surface area contributed by atoms with E-state index in [1.165, 1.54) is 238 Å². The summed E-state index contributed by atoms with van der Waals surface area (Å²) in [6.45, 7) is 18.8. The molecule has 748 valence electrons. The smallest absolute Gasteiger partial charge is 0.159 e. The molecule has 31 rings (SSSR count). The van der Waals surface area contributed by atoms with Crippen molar-refractivity contribution in [1.82, 2.24) is 0 Å². The highest BCUT2D eigenvalue weighted by Gasteiger charge is 2.62. The number of anilines is 9. The Hall–Kier alpha value is -14.5. The summed E-state index contributed by atoms with van der Waals surface area (Å²) in [5, 5.41) is 6.96. The van der Waals surface area contributed by atoms with Crippen molar-refractivity contribution in [3.8, 4) is 11.1 Å². The molecule has 12 fully saturated rings. The van der Waals surface area contributed by atoms with Crippen LogP contribution >= 0.6 is 0 Å². The SMILES string of the molecule is C=Cc1ccc(C23CC4CC(C2)CC(c2ccc(N(c5ccc(CCCC)cc5)c5ccc(-c6ccc7oc8ccccc8c7c6)cc5)cc2)(C4)C3)cc1.C=Cc1ccc(C23CC4CC(C2)CC(c2ccc(N(c5ccc(CCCC)cc5)c5ccc6oc7ccccc7c6c5)cc2)(C4)C3)cc1.C=Cc1ccc(C23CC4CC(C2)CC(c2ccc(N(c5ccc(CCCC)cc5)c5cccc6c5oc5ccccc56)cc2)(C4)C3)cc1. The molecule has 0 spiro atoms. The fourth-order valence-electron chi connectivity index (χ4n) is 32.0. The Morgan fingerprint density at radius 3 is 0.840 bits per heavy atom. The van der Waals surface area contributed by atoms with Crippen LogP contribution in [-0.2, 0) is 51.8 Å². The number of para-hydroxylation sites is 4. The zero-order valence-electron chi connectivity index (χ0n) is 87.7. The summed E-state index contributed by atoms with van der Waals surface area (Å²) in [6.07, 6.45) is 40.7. The molecule has 6 heteroatoms. The average molecular weight is 1960 g/mol. The molecule has 0 saturated heterocycles. The summed E-state index contributed by atoms with van der Waals surface area (Å²) in [7, 11) is 0. The molecule has 0 aliphatic heterocycles. The number of furan rings is 3. The Balaban J connectivity index is 0.000000114. The van der Waals surface area contributed by atoms with E-state index < -0.39 is 0 Å². The standard InChI is InChI=1S/C52H49NO.2C46H45NO/c1-3-5-8-37-13-22-44(23-14-37)53(45-24-15-40(16-25-45)41-17-28-50-48(30-41)47-9-6-7-10-49(47)54-50)46-26-20-43(21-27-46)52-33-38-29-39(34-52)32-51(31-38,35-52)42-18-11-36(4-2)12-19-42;1-3-5-9-33-16-22-38(23-17-33)47(42-12-8-11-41-40-10-6-7-13-43(40)48-44(41)42)39-24-20-37(21-25-39)46-29-34-26-35(30-46)28-45(27-34,31-46)36-18-14-32(4-2)15-19-36;1-3-5-8-33-13-19-38(20-14-33)47(40-23-24-44-42(26-40)41-9-6-7-10-43(41)48-44)39-21-17-37(18-22-39)46-29-34-25-35(30-46)28-45(27-34,31-46)36-15-11-32(4-2)12-16-36/h4,6-7,9-28,30,38-39H,2-3,5,8,29,31-35H2,1H3;4,6-8,10-25,34-35H,2-3,5,9,26-31H2,1H3;4,6-7,9-24,26,34-35H,2-3,5,8,25,27-31H2,1H3. The van der Waals surface area contributed by atoms with E-state index in [0.29, 0.717) is 16.2 Å². The zero-order chi connectivity index (χ0) is 101. The first-order valence-electron chi connectivity index (χ1n) is 56.6. The Labute approximate surface area is 886 Å². The maximum absolute atomic E-state index is 6.59. The first-order valence-corrected chi connectivity index (χ1v) is 56.6. The lowest BCUT2D eigenvalue weighted by atomic mass is 9.41. The number of rotatable bonds is 28. The number of fused-ring (bicyclic) bond motifs is 9. The lowest BCUT2D eigenvalue weighted by Gasteiger charge is -2.63. The van der Waals surface area contributed by atoms with Gasteiger partial charge in [0.1, 0.15) is 27.9 Å². The number of hydrogen-bond donors (Lipinski definition) is 0. The van der Waals surface area contributed by atoms with Crippen molar-refractivity contribution >= 4 is 135 Å². The van der Waals surface area contributed by atoms with Crippen LogP contribution in [0.15, 0.2) is 403 Å². The molecule has 6 nitrogen and oxygen atoms in total. The van der Waals surface area contributed by atoms with Crippen molar-refractivity contribution in [2.45, 2.75) is 227 Å². The van der Waals surface area contributed by atoms with Gasteiger partial charge in [0.25, 0.3) is 0 Å². The van der Waals surface area contributed by atoms with Gasteiger partial charge in [-0.15, -0.1) is 0 Å². The van der Waals surface area contributed by atoms with Crippen LogP contribution in [0, 0.1) is 35.5 Å². The van der Waals surface area contributed by atoms with Crippen LogP contribution in [0.5, 0.6) is 0 Å². The van der Waals surface area contributed by atoms with Gasteiger partial charge in [0.2, 0.25) is 0 Å². The van der Waals surface area contributed by atoms with Crippen molar-refractivity contribution in [3.05, 3.63) is 457 Å². The third kappa shape index (κ3) is 17.5. The van der Waals surface area contributed by atoms with E-state index in [-0.39, 0.29) is 16.2 Å². The summed E-state index contributed by atoms with van der Waals surface area (Å²) in [5.74, 6) is 4.92. The van der Waals surface area contributed by atoms with Crippen LogP contribution in [0.3, 0.4) is 0 Å². The molecule has 3 heterocycles. The van der Waals surface area contributed by atoms with Gasteiger partial charge in [-0.1, -0.05) is 309 Å². The zero-order valence-corrected chi connectivity index (χ0v) is 87.7. The second-order valence-electron chi connectivity index (χ2n) is 47.4. The quantitative estimate of drug-likeness (QED) is 0.0487. The molecule has 12 aliphatic carbocycles. The number of hydrogen-bond acceptors (Lipinski definition) is 6. The van der Waals surface area contributed by atoms with Gasteiger partial charge in [0, 0.05) is 77.8 Å². The van der Waals surface area contributed by atoms with Crippen molar-refractivity contribution in [1.29, 1.82) is 0 Å². The lowest BCUT2D eigenvalue weighted by Crippen LogP contribution is -2.55. The normalized spacial score (nSPS) is 23.8. The van der Waals surface area contributed by atoms with Crippen LogP contribution in [0.2, 0.25) is 0 Å². The summed E-state index contributed by atoms with van der Waals surface area (Å²) in [6, 6.07) is 139. The Morgan fingerprint density at radius 2 is 0.500 bits per heavy atom. The number of nitrogens with zero attached hydrogens (tertiary/aromatic N) is 3. The number of aryl methyl sites for hydroxylation is 3. The van der Waals surface area contributed by atoms with Gasteiger partial charge in [-0.25, -0.2) is 0 Å². The minimum atomic E-state index is 0.254. The van der Waals surface area contributed by atoms with E-state index in [2.05, 4.69) is 407 Å². The molecule has 0 radical (unpaired) electrons. The molecule has 6 unspecified atom stereocenters. The largest absolute Gasteiger partial charge is 0.456 e. The van der Waals surface area contributed by atoms with Crippen molar-refractivity contribution < 1.29 is 13.3 Å². The first kappa shape index (κ1) is 95.2. The van der Waals surface area contributed by atoms with Crippen molar-refractivity contribution in [3.63, 3.8) is 0 Å². The molecule has 12 bridgehead atoms. The summed E-state index contributed by atoms with van der Waals surface area (Å²) < 4.78 is 18.9. The summed E-state index contributed by atoms with van der Waals surface area (Å²) >= 11 is 0. The highest BCUT2D eigenvalue weighted by molar-refractivity contribution is 6.11. The highest BCUT2D eigenvalue weighted by atomic mass is 16.3. The molecule has 6 atom stereocenters. The predicted octanol–water partition coefficient (Wildman–Crippen LogP) is 40.2. The van der Waals surface area contributed by atoms with Gasteiger partial charge in [-0.05, 0) is 440 Å². The molecule has 0 N–H and O–H groups in total. The molecule has 150 heavy (non-hydrogen) atoms. The van der Waals surface area contributed by atoms with E-state index >= 15 is 0 Å². The van der Waals surface area contributed by atoms with E-state index in [1.807, 2.05) is 36.4 Å². The molecular formula is C144H139N3O3. The lowest BCUT2D eigenvalue weighted by molar-refractivity contribution is -0.0282. The predicted molar refractivity (Wildman–Crippen MR) is 630 cm³/mol. The van der Waals surface area contributed by atoms with E-state index in [1.54, 1.807) is 27.8 Å². The van der Waals surface area contributed by atoms with Crippen LogP contribution in [0.1, 0.15) is 242 Å². The van der Waals surface area contributed by atoms with Crippen LogP contribution in [-0.4, -0.2) is 0 Å². The van der Waals surface area contributed by atoms with Crippen molar-refractivity contribution in [2.24, 2.45) is 35.5 Å². The van der Waals surface area contributed by atoms with Crippen LogP contribution < -0.4 is 14.7 Å². The fourth-order valence-corrected chi connectivity index (χ4v) is 32.0. The monoisotopic (exact) mass is 1960 g/mol. The molecule has 19 aromatic rings. The molecule has 16 aromatic carbocycles. The van der Waals surface area contributed by atoms with Gasteiger partial charge in [-0.2, -0.15) is 0 Å². The van der Waals surface area contributed by atoms with Crippen LogP contribution in [0.25, 0.3) is 95.2 Å². The van der Waals surface area contributed by atoms with Gasteiger partial charge < -0.3 is 28.0 Å². The number of benzene rings is 16. The second-order valence-corrected chi connectivity index (χ2v) is 47.4. The topological polar surface area (TPSA) is 49.1 Å². The Bertz CT molecular complexity index is 8130. The van der Waals surface area contributed by atoms with Gasteiger partial charge in [-0.3, -0.25) is 0 Å².